The average molecular weight is 382 g/mol. The summed E-state index contributed by atoms with van der Waals surface area (Å²) in [6.45, 7) is 1.85. The quantitative estimate of drug-likeness (QED) is 0.490. The third-order valence-electron chi connectivity index (χ3n) is 4.05. The van der Waals surface area contributed by atoms with Crippen LogP contribution in [-0.4, -0.2) is 67.4 Å². The molecule has 13 heteroatoms. The van der Waals surface area contributed by atoms with Crippen LogP contribution in [0.3, 0.4) is 0 Å². The molecule has 27 heavy (non-hydrogen) atoms. The molecular weight excluding hydrogens is 364 g/mol. The lowest BCUT2D eigenvalue weighted by Crippen LogP contribution is -2.36. The molecule has 1 fully saturated rings. The zero-order chi connectivity index (χ0) is 19.7. The summed E-state index contributed by atoms with van der Waals surface area (Å²) in [4.78, 5) is 41.0. The number of rotatable bonds is 5. The highest BCUT2D eigenvalue weighted by molar-refractivity contribution is 5.69. The summed E-state index contributed by atoms with van der Waals surface area (Å²) in [6, 6.07) is 0. The Labute approximate surface area is 151 Å². The molecule has 0 aromatic carbocycles. The van der Waals surface area contributed by atoms with Crippen molar-refractivity contribution in [2.45, 2.75) is 32.3 Å². The number of ether oxygens (including phenoxy) is 3. The van der Waals surface area contributed by atoms with Gasteiger partial charge in [-0.05, 0) is 0 Å². The van der Waals surface area contributed by atoms with Gasteiger partial charge in [0.2, 0.25) is 5.95 Å². The molecule has 4 unspecified atom stereocenters. The van der Waals surface area contributed by atoms with E-state index in [0.29, 0.717) is 0 Å². The Hall–Kier alpha value is -3.06. The maximum absolute atomic E-state index is 11.9. The Morgan fingerprint density at radius 3 is 2.74 bits per heavy atom. The third-order valence-corrected chi connectivity index (χ3v) is 4.05. The molecule has 0 spiro atoms. The summed E-state index contributed by atoms with van der Waals surface area (Å²) in [5, 5.41) is 17.2. The first-order valence-electron chi connectivity index (χ1n) is 7.99. The number of anilines is 1. The summed E-state index contributed by atoms with van der Waals surface area (Å²) >= 11 is 0. The lowest BCUT2D eigenvalue weighted by Gasteiger charge is -2.22. The highest BCUT2D eigenvalue weighted by atomic mass is 16.6. The molecule has 2 aromatic rings. The second kappa shape index (κ2) is 7.28. The molecule has 0 bridgehead atoms. The van der Waals surface area contributed by atoms with Gasteiger partial charge in [0.15, 0.2) is 23.5 Å². The molecule has 3 heterocycles. The molecule has 4 N–H and O–H groups in total. The van der Waals surface area contributed by atoms with Gasteiger partial charge in [-0.1, -0.05) is 5.21 Å². The van der Waals surface area contributed by atoms with Crippen LogP contribution in [0.15, 0.2) is 4.79 Å². The first kappa shape index (κ1) is 18.7. The number of aliphatic hydroxyl groups is 1. The zero-order valence-corrected chi connectivity index (χ0v) is 14.5. The number of hydrogen-bond acceptors (Lipinski definition) is 11. The van der Waals surface area contributed by atoms with Crippen molar-refractivity contribution in [3.05, 3.63) is 10.4 Å². The number of H-pyrrole nitrogens is 1. The van der Waals surface area contributed by atoms with E-state index in [4.69, 9.17) is 19.9 Å². The van der Waals surface area contributed by atoms with Crippen molar-refractivity contribution in [3.8, 4) is 0 Å². The highest BCUT2D eigenvalue weighted by Crippen LogP contribution is 2.37. The monoisotopic (exact) mass is 382 g/mol. The summed E-state index contributed by atoms with van der Waals surface area (Å²) in [5.41, 5.74) is 4.91. The Balaban J connectivity index is 2.03. The van der Waals surface area contributed by atoms with Gasteiger partial charge in [0.25, 0.3) is 5.56 Å². The molecule has 0 radical (unpaired) electrons. The van der Waals surface area contributed by atoms with Crippen molar-refractivity contribution >= 4 is 29.1 Å². The van der Waals surface area contributed by atoms with Crippen molar-refractivity contribution in [2.75, 3.05) is 18.9 Å². The van der Waals surface area contributed by atoms with Crippen molar-refractivity contribution in [1.29, 1.82) is 0 Å². The molecular formula is C14H18N6O7. The van der Waals surface area contributed by atoms with E-state index >= 15 is 0 Å². The van der Waals surface area contributed by atoms with Gasteiger partial charge in [-0.2, -0.15) is 9.67 Å². The first-order chi connectivity index (χ1) is 12.8. The van der Waals surface area contributed by atoms with Gasteiger partial charge < -0.3 is 25.1 Å². The lowest BCUT2D eigenvalue weighted by atomic mass is 9.99. The molecule has 13 nitrogen and oxygen atoms in total. The van der Waals surface area contributed by atoms with E-state index in [2.05, 4.69) is 20.3 Å². The number of aromatic nitrogens is 5. The van der Waals surface area contributed by atoms with E-state index in [1.165, 1.54) is 13.8 Å². The number of carbonyl (C=O) groups is 2. The average Bonchev–Trinajstić information content (AvgIpc) is 3.13. The summed E-state index contributed by atoms with van der Waals surface area (Å²) in [6.07, 6.45) is -2.87. The number of nitrogens with zero attached hydrogens (tertiary/aromatic N) is 4. The summed E-state index contributed by atoms with van der Waals surface area (Å²) < 4.78 is 17.2. The normalized spacial score (nSPS) is 24.9. The van der Waals surface area contributed by atoms with Crippen molar-refractivity contribution in [1.82, 2.24) is 25.0 Å². The van der Waals surface area contributed by atoms with Crippen LogP contribution in [0, 0.1) is 5.92 Å². The number of nitrogens with one attached hydrogen (secondary N) is 1. The van der Waals surface area contributed by atoms with E-state index in [9.17, 15) is 19.5 Å². The standard InChI is InChI=1S/C14H18N6O7/c1-5(22)25-4-7-8(3-21)27-13(10(7)26-6(2)23)20-11-9(18-19-20)12(24)17-14(15)16-11/h7-8,10,13,21H,3-4H2,1-2H3,(H3,15,16,17,24). The second-order valence-electron chi connectivity index (χ2n) is 5.95. The Kier molecular flexibility index (Phi) is 5.05. The minimum Gasteiger partial charge on any atom is -0.465 e. The predicted molar refractivity (Wildman–Crippen MR) is 87.0 cm³/mol. The third kappa shape index (κ3) is 3.59. The number of fused-ring (bicyclic) bond motifs is 1. The molecule has 0 aliphatic carbocycles. The Morgan fingerprint density at radius 2 is 2.11 bits per heavy atom. The molecule has 0 saturated carbocycles. The van der Waals surface area contributed by atoms with Gasteiger partial charge in [-0.15, -0.1) is 5.10 Å². The molecule has 3 rings (SSSR count). The van der Waals surface area contributed by atoms with Crippen LogP contribution >= 0.6 is 0 Å². The van der Waals surface area contributed by atoms with Crippen LogP contribution < -0.4 is 11.3 Å². The Morgan fingerprint density at radius 1 is 1.37 bits per heavy atom. The number of aromatic amines is 1. The van der Waals surface area contributed by atoms with Gasteiger partial charge in [-0.25, -0.2) is 0 Å². The van der Waals surface area contributed by atoms with Crippen molar-refractivity contribution < 1.29 is 28.9 Å². The maximum Gasteiger partial charge on any atom is 0.303 e. The molecule has 1 saturated heterocycles. The molecule has 4 atom stereocenters. The van der Waals surface area contributed by atoms with Crippen molar-refractivity contribution in [3.63, 3.8) is 0 Å². The van der Waals surface area contributed by atoms with E-state index in [1.54, 1.807) is 0 Å². The van der Waals surface area contributed by atoms with Gasteiger partial charge in [0.05, 0.1) is 18.6 Å². The van der Waals surface area contributed by atoms with Crippen LogP contribution in [0.1, 0.15) is 20.1 Å². The van der Waals surface area contributed by atoms with Gasteiger partial charge in [0, 0.05) is 13.8 Å². The molecule has 1 aliphatic rings. The van der Waals surface area contributed by atoms with Gasteiger partial charge in [0.1, 0.15) is 6.61 Å². The minimum absolute atomic E-state index is 0.0169. The summed E-state index contributed by atoms with van der Waals surface area (Å²) in [7, 11) is 0. The number of aliphatic hydroxyl groups excluding tert-OH is 1. The minimum atomic E-state index is -1.06. The SMILES string of the molecule is CC(=O)OCC1C(CO)OC(n2nnc3c(=O)[nH]c(N)nc32)C1OC(C)=O. The van der Waals surface area contributed by atoms with Crippen LogP contribution in [0.25, 0.3) is 11.2 Å². The van der Waals surface area contributed by atoms with E-state index < -0.39 is 48.5 Å². The van der Waals surface area contributed by atoms with E-state index in [-0.39, 0.29) is 23.7 Å². The fraction of sp³-hybridized carbons (Fsp3) is 0.571. The molecule has 146 valence electrons. The molecule has 1 aliphatic heterocycles. The Bertz CT molecular complexity index is 924. The van der Waals surface area contributed by atoms with Gasteiger partial charge in [-0.3, -0.25) is 19.4 Å². The predicted octanol–water partition coefficient (Wildman–Crippen LogP) is -1.90. The number of nitrogens with two attached hydrogens (primary N) is 1. The molecule has 0 amide bonds. The second-order valence-corrected chi connectivity index (χ2v) is 5.95. The number of carbonyl (C=O) groups excluding carboxylic acids is 2. The lowest BCUT2D eigenvalue weighted by molar-refractivity contribution is -0.156. The van der Waals surface area contributed by atoms with Crippen LogP contribution in [0.5, 0.6) is 0 Å². The van der Waals surface area contributed by atoms with Crippen LogP contribution in [-0.2, 0) is 23.8 Å². The van der Waals surface area contributed by atoms with E-state index in [1.807, 2.05) is 0 Å². The van der Waals surface area contributed by atoms with Crippen LogP contribution in [0.4, 0.5) is 5.95 Å². The number of esters is 2. The zero-order valence-electron chi connectivity index (χ0n) is 14.5. The smallest absolute Gasteiger partial charge is 0.303 e. The topological polar surface area (TPSA) is 185 Å². The van der Waals surface area contributed by atoms with Gasteiger partial charge >= 0.3 is 11.9 Å². The largest absolute Gasteiger partial charge is 0.465 e. The van der Waals surface area contributed by atoms with E-state index in [0.717, 1.165) is 4.68 Å². The number of hydrogen-bond donors (Lipinski definition) is 3. The first-order valence-corrected chi connectivity index (χ1v) is 7.99. The van der Waals surface area contributed by atoms with Crippen LogP contribution in [0.2, 0.25) is 0 Å². The molecule has 2 aromatic heterocycles. The fourth-order valence-corrected chi connectivity index (χ4v) is 2.94. The maximum atomic E-state index is 11.9. The highest BCUT2D eigenvalue weighted by Gasteiger charge is 2.49. The summed E-state index contributed by atoms with van der Waals surface area (Å²) in [5.74, 6) is -1.99. The van der Waals surface area contributed by atoms with Crippen molar-refractivity contribution in [2.24, 2.45) is 5.92 Å². The fourth-order valence-electron chi connectivity index (χ4n) is 2.94. The number of nitrogen functional groups attached to an aromatic ring is 1.